The van der Waals surface area contributed by atoms with Crippen molar-refractivity contribution in [2.45, 2.75) is 37.8 Å². The van der Waals surface area contributed by atoms with Crippen LogP contribution in [0.15, 0.2) is 59.5 Å². The van der Waals surface area contributed by atoms with Gasteiger partial charge in [0.05, 0.1) is 5.56 Å². The lowest BCUT2D eigenvalue weighted by Gasteiger charge is -2.29. The van der Waals surface area contributed by atoms with Gasteiger partial charge in [0.15, 0.2) is 0 Å². The first-order valence-corrected chi connectivity index (χ1v) is 10.2. The highest BCUT2D eigenvalue weighted by atomic mass is 32.2. The normalized spacial score (nSPS) is 17.3. The van der Waals surface area contributed by atoms with E-state index in [0.717, 1.165) is 5.56 Å². The Balaban J connectivity index is 1.91. The maximum Gasteiger partial charge on any atom is 0.330 e. The van der Waals surface area contributed by atoms with Crippen LogP contribution in [0.5, 0.6) is 0 Å². The van der Waals surface area contributed by atoms with Crippen LogP contribution in [0.25, 0.3) is 0 Å². The third-order valence-electron chi connectivity index (χ3n) is 4.76. The highest BCUT2D eigenvalue weighted by Gasteiger charge is 2.49. The molecule has 1 aliphatic rings. The number of carbonyl (C=O) groups excluding carboxylic acids is 2. The SMILES string of the molecule is CCC(C)[C@@H](C(=O)OCc1ccccc1)N1C(=O)c2ccccc2S1(=O)=O. The van der Waals surface area contributed by atoms with Crippen LogP contribution in [0.4, 0.5) is 0 Å². The van der Waals surface area contributed by atoms with Crippen LogP contribution in [-0.2, 0) is 26.2 Å². The molecule has 1 heterocycles. The van der Waals surface area contributed by atoms with Gasteiger partial charge in [0, 0.05) is 0 Å². The Hall–Kier alpha value is -2.67. The molecule has 2 atom stereocenters. The first-order chi connectivity index (χ1) is 12.9. The number of esters is 1. The van der Waals surface area contributed by atoms with E-state index in [9.17, 15) is 18.0 Å². The van der Waals surface area contributed by atoms with E-state index < -0.39 is 27.9 Å². The largest absolute Gasteiger partial charge is 0.459 e. The summed E-state index contributed by atoms with van der Waals surface area (Å²) < 4.78 is 31.9. The maximum absolute atomic E-state index is 12.9. The number of nitrogens with zero attached hydrogens (tertiary/aromatic N) is 1. The van der Waals surface area contributed by atoms with Crippen molar-refractivity contribution in [2.24, 2.45) is 5.92 Å². The van der Waals surface area contributed by atoms with Crippen LogP contribution in [-0.4, -0.2) is 30.6 Å². The van der Waals surface area contributed by atoms with Gasteiger partial charge in [0.25, 0.3) is 15.9 Å². The fourth-order valence-electron chi connectivity index (χ4n) is 3.07. The molecule has 0 aliphatic carbocycles. The highest BCUT2D eigenvalue weighted by Crippen LogP contribution is 2.34. The topological polar surface area (TPSA) is 80.8 Å². The number of benzene rings is 2. The van der Waals surface area contributed by atoms with Crippen molar-refractivity contribution in [3.8, 4) is 0 Å². The standard InChI is InChI=1S/C20H21NO5S/c1-3-14(2)18(20(23)26-13-15-9-5-4-6-10-15)21-19(22)16-11-7-8-12-17(16)27(21,24)25/h4-12,14,18H,3,13H2,1-2H3/t14?,18-/m0/s1. The van der Waals surface area contributed by atoms with E-state index in [1.54, 1.807) is 31.2 Å². The molecule has 0 radical (unpaired) electrons. The van der Waals surface area contributed by atoms with Gasteiger partial charge in [-0.05, 0) is 23.6 Å². The molecule has 1 amide bonds. The van der Waals surface area contributed by atoms with Crippen LogP contribution in [0.3, 0.4) is 0 Å². The zero-order valence-electron chi connectivity index (χ0n) is 15.2. The van der Waals surface area contributed by atoms with Gasteiger partial charge in [-0.15, -0.1) is 0 Å². The van der Waals surface area contributed by atoms with Crippen LogP contribution >= 0.6 is 0 Å². The number of amides is 1. The second-order valence-electron chi connectivity index (χ2n) is 6.53. The number of carbonyl (C=O) groups is 2. The van der Waals surface area contributed by atoms with Crippen molar-refractivity contribution in [2.75, 3.05) is 0 Å². The molecule has 0 fully saturated rings. The van der Waals surface area contributed by atoms with Crippen molar-refractivity contribution in [3.05, 3.63) is 65.7 Å². The lowest BCUT2D eigenvalue weighted by Crippen LogP contribution is -2.49. The third kappa shape index (κ3) is 3.47. The van der Waals surface area contributed by atoms with E-state index in [2.05, 4.69) is 0 Å². The molecular formula is C20H21NO5S. The predicted octanol–water partition coefficient (Wildman–Crippen LogP) is 2.99. The number of fused-ring (bicyclic) bond motifs is 1. The summed E-state index contributed by atoms with van der Waals surface area (Å²) in [6.45, 7) is 3.59. The smallest absolute Gasteiger partial charge is 0.330 e. The summed E-state index contributed by atoms with van der Waals surface area (Å²) in [5.74, 6) is -1.80. The molecule has 1 aliphatic heterocycles. The molecular weight excluding hydrogens is 366 g/mol. The van der Waals surface area contributed by atoms with Crippen molar-refractivity contribution >= 4 is 21.9 Å². The third-order valence-corrected chi connectivity index (χ3v) is 6.58. The highest BCUT2D eigenvalue weighted by molar-refractivity contribution is 7.90. The second-order valence-corrected chi connectivity index (χ2v) is 8.31. The van der Waals surface area contributed by atoms with E-state index in [1.165, 1.54) is 12.1 Å². The summed E-state index contributed by atoms with van der Waals surface area (Å²) in [5.41, 5.74) is 0.870. The Morgan fingerprint density at radius 2 is 1.70 bits per heavy atom. The number of sulfonamides is 1. The number of ether oxygens (including phenoxy) is 1. The van der Waals surface area contributed by atoms with Crippen LogP contribution in [0, 0.1) is 5.92 Å². The monoisotopic (exact) mass is 387 g/mol. The van der Waals surface area contributed by atoms with Gasteiger partial charge in [-0.25, -0.2) is 17.5 Å². The zero-order chi connectivity index (χ0) is 19.6. The molecule has 0 N–H and O–H groups in total. The summed E-state index contributed by atoms with van der Waals surface area (Å²) >= 11 is 0. The first kappa shape index (κ1) is 19.1. The number of hydrogen-bond donors (Lipinski definition) is 0. The Morgan fingerprint density at radius 3 is 2.33 bits per heavy atom. The molecule has 27 heavy (non-hydrogen) atoms. The lowest BCUT2D eigenvalue weighted by atomic mass is 9.98. The van der Waals surface area contributed by atoms with Gasteiger partial charge in [-0.3, -0.25) is 4.79 Å². The van der Waals surface area contributed by atoms with E-state index >= 15 is 0 Å². The van der Waals surface area contributed by atoms with Gasteiger partial charge in [-0.2, -0.15) is 0 Å². The van der Waals surface area contributed by atoms with Crippen LogP contribution in [0.2, 0.25) is 0 Å². The average Bonchev–Trinajstić information content (AvgIpc) is 2.88. The minimum absolute atomic E-state index is 0.0155. The average molecular weight is 387 g/mol. The molecule has 0 bridgehead atoms. The molecule has 142 valence electrons. The van der Waals surface area contributed by atoms with E-state index in [4.69, 9.17) is 4.74 Å². The first-order valence-electron chi connectivity index (χ1n) is 8.76. The molecule has 2 aromatic rings. The minimum atomic E-state index is -4.09. The van der Waals surface area contributed by atoms with Crippen molar-refractivity contribution in [3.63, 3.8) is 0 Å². The summed E-state index contributed by atoms with van der Waals surface area (Å²) in [7, 11) is -4.09. The van der Waals surface area contributed by atoms with Crippen LogP contribution < -0.4 is 0 Å². The van der Waals surface area contributed by atoms with E-state index in [0.29, 0.717) is 10.7 Å². The summed E-state index contributed by atoms with van der Waals surface area (Å²) in [6, 6.07) is 13.9. The Bertz CT molecular complexity index is 955. The fraction of sp³-hybridized carbons (Fsp3) is 0.300. The number of rotatable bonds is 6. The molecule has 0 spiro atoms. The van der Waals surface area contributed by atoms with Crippen LogP contribution in [0.1, 0.15) is 36.2 Å². The second kappa shape index (κ2) is 7.52. The zero-order valence-corrected chi connectivity index (χ0v) is 16.0. The Kier molecular flexibility index (Phi) is 5.32. The van der Waals surface area contributed by atoms with Crippen molar-refractivity contribution < 1.29 is 22.7 Å². The van der Waals surface area contributed by atoms with Gasteiger partial charge in [-0.1, -0.05) is 62.7 Å². The van der Waals surface area contributed by atoms with E-state index in [-0.39, 0.29) is 23.0 Å². The summed E-state index contributed by atoms with van der Waals surface area (Å²) in [6.07, 6.45) is 0.515. The molecule has 6 nitrogen and oxygen atoms in total. The maximum atomic E-state index is 12.9. The molecule has 2 aromatic carbocycles. The van der Waals surface area contributed by atoms with E-state index in [1.807, 2.05) is 25.1 Å². The number of hydrogen-bond acceptors (Lipinski definition) is 5. The quantitative estimate of drug-likeness (QED) is 0.712. The fourth-order valence-corrected chi connectivity index (χ4v) is 4.88. The Labute approximate surface area is 158 Å². The van der Waals surface area contributed by atoms with Gasteiger partial charge in [0.1, 0.15) is 17.5 Å². The van der Waals surface area contributed by atoms with Gasteiger partial charge in [0.2, 0.25) is 0 Å². The van der Waals surface area contributed by atoms with Gasteiger partial charge >= 0.3 is 5.97 Å². The minimum Gasteiger partial charge on any atom is -0.459 e. The molecule has 7 heteroatoms. The molecule has 3 rings (SSSR count). The van der Waals surface area contributed by atoms with Crippen molar-refractivity contribution in [1.82, 2.24) is 4.31 Å². The van der Waals surface area contributed by atoms with Gasteiger partial charge < -0.3 is 4.74 Å². The molecule has 0 saturated heterocycles. The predicted molar refractivity (Wildman–Crippen MR) is 99.3 cm³/mol. The molecule has 1 unspecified atom stereocenters. The summed E-state index contributed by atoms with van der Waals surface area (Å²) in [4.78, 5) is 25.5. The van der Waals surface area contributed by atoms with Crippen molar-refractivity contribution in [1.29, 1.82) is 0 Å². The lowest BCUT2D eigenvalue weighted by molar-refractivity contribution is -0.150. The Morgan fingerprint density at radius 1 is 1.07 bits per heavy atom. The molecule has 0 saturated carbocycles. The molecule has 0 aromatic heterocycles. The summed E-state index contributed by atoms with van der Waals surface area (Å²) in [5, 5.41) is 0.